The lowest BCUT2D eigenvalue weighted by molar-refractivity contribution is -0.139. The van der Waals surface area contributed by atoms with Gasteiger partial charge in [-0.1, -0.05) is 0 Å². The molecule has 1 aromatic rings. The number of Topliss-reactive ketones (excluding diaryl/α,β-unsaturated/α-hetero) is 1. The van der Waals surface area contributed by atoms with Crippen LogP contribution in [0.2, 0.25) is 0 Å². The summed E-state index contributed by atoms with van der Waals surface area (Å²) in [7, 11) is 0. The molecule has 0 aliphatic rings. The molecule has 0 aromatic heterocycles. The maximum Gasteiger partial charge on any atom is 0.420 e. The summed E-state index contributed by atoms with van der Waals surface area (Å²) in [5.74, 6) is -2.07. The molecule has 1 rings (SSSR count). The number of hydrogen-bond donors (Lipinski definition) is 1. The van der Waals surface area contributed by atoms with Crippen molar-refractivity contribution in [3.63, 3.8) is 0 Å². The van der Waals surface area contributed by atoms with Crippen molar-refractivity contribution in [2.45, 2.75) is 20.0 Å². The van der Waals surface area contributed by atoms with Gasteiger partial charge in [-0.3, -0.25) is 4.79 Å². The van der Waals surface area contributed by atoms with E-state index in [2.05, 4.69) is 0 Å². The Labute approximate surface area is 95.8 Å². The lowest BCUT2D eigenvalue weighted by Gasteiger charge is -2.17. The number of rotatable bonds is 3. The highest BCUT2D eigenvalue weighted by molar-refractivity contribution is 5.96. The van der Waals surface area contributed by atoms with Crippen LogP contribution in [0.3, 0.4) is 0 Å². The van der Waals surface area contributed by atoms with Crippen molar-refractivity contribution in [2.24, 2.45) is 0 Å². The number of carbonyl (C=O) groups is 1. The summed E-state index contributed by atoms with van der Waals surface area (Å²) in [6, 6.07) is 1.94. The molecule has 0 unspecified atom stereocenters. The summed E-state index contributed by atoms with van der Waals surface area (Å²) in [6.45, 7) is 2.47. The summed E-state index contributed by atoms with van der Waals surface area (Å²) in [6.07, 6.45) is -4.76. The van der Waals surface area contributed by atoms with Crippen LogP contribution in [0.5, 0.6) is 11.5 Å². The zero-order valence-electron chi connectivity index (χ0n) is 9.26. The molecule has 0 atom stereocenters. The summed E-state index contributed by atoms with van der Waals surface area (Å²) >= 11 is 0. The predicted molar refractivity (Wildman–Crippen MR) is 54.3 cm³/mol. The standard InChI is InChI=1S/C11H11F3O3/c1-3-17-10-8(16)5-4-7(6(2)15)9(10)11(12,13)14/h4-5,16H,3H2,1-2H3. The lowest BCUT2D eigenvalue weighted by atomic mass is 10.0. The van der Waals surface area contributed by atoms with E-state index in [0.717, 1.165) is 19.1 Å². The second kappa shape index (κ2) is 4.65. The fourth-order valence-electron chi connectivity index (χ4n) is 1.44. The molecule has 0 aliphatic heterocycles. The minimum absolute atomic E-state index is 0.0437. The SMILES string of the molecule is CCOc1c(O)ccc(C(C)=O)c1C(F)(F)F. The molecule has 0 heterocycles. The van der Waals surface area contributed by atoms with Crippen LogP contribution in [0, 0.1) is 0 Å². The maximum absolute atomic E-state index is 12.8. The zero-order chi connectivity index (χ0) is 13.2. The van der Waals surface area contributed by atoms with Crippen LogP contribution in [0.4, 0.5) is 13.2 Å². The summed E-state index contributed by atoms with van der Waals surface area (Å²) in [4.78, 5) is 11.1. The Morgan fingerprint density at radius 3 is 2.41 bits per heavy atom. The Hall–Kier alpha value is -1.72. The van der Waals surface area contributed by atoms with E-state index in [9.17, 15) is 23.1 Å². The van der Waals surface area contributed by atoms with Crippen LogP contribution in [0.25, 0.3) is 0 Å². The highest BCUT2D eigenvalue weighted by Gasteiger charge is 2.39. The molecule has 0 amide bonds. The van der Waals surface area contributed by atoms with Gasteiger partial charge in [-0.05, 0) is 26.0 Å². The molecule has 3 nitrogen and oxygen atoms in total. The molecule has 0 bridgehead atoms. The van der Waals surface area contributed by atoms with E-state index in [4.69, 9.17) is 4.74 Å². The van der Waals surface area contributed by atoms with Gasteiger partial charge in [0, 0.05) is 5.56 Å². The van der Waals surface area contributed by atoms with Crippen LogP contribution in [0.1, 0.15) is 29.8 Å². The van der Waals surface area contributed by atoms with Crippen LogP contribution in [0.15, 0.2) is 12.1 Å². The molecule has 1 aromatic carbocycles. The summed E-state index contributed by atoms with van der Waals surface area (Å²) < 4.78 is 43.3. The molecule has 94 valence electrons. The number of hydrogen-bond acceptors (Lipinski definition) is 3. The number of carbonyl (C=O) groups excluding carboxylic acids is 1. The monoisotopic (exact) mass is 248 g/mol. The third kappa shape index (κ3) is 2.69. The van der Waals surface area contributed by atoms with Gasteiger partial charge in [-0.15, -0.1) is 0 Å². The third-order valence-corrected chi connectivity index (χ3v) is 2.09. The largest absolute Gasteiger partial charge is 0.504 e. The fraction of sp³-hybridized carbons (Fsp3) is 0.364. The Balaban J connectivity index is 3.56. The predicted octanol–water partition coefficient (Wildman–Crippen LogP) is 3.01. The van der Waals surface area contributed by atoms with Crippen molar-refractivity contribution in [3.8, 4) is 11.5 Å². The second-order valence-electron chi connectivity index (χ2n) is 3.32. The molecule has 17 heavy (non-hydrogen) atoms. The number of phenols is 1. The number of benzene rings is 1. The van der Waals surface area contributed by atoms with Crippen molar-refractivity contribution in [1.82, 2.24) is 0 Å². The van der Waals surface area contributed by atoms with E-state index in [0.29, 0.717) is 0 Å². The van der Waals surface area contributed by atoms with E-state index < -0.39 is 34.6 Å². The number of ketones is 1. The second-order valence-corrected chi connectivity index (χ2v) is 3.32. The van der Waals surface area contributed by atoms with Crippen molar-refractivity contribution >= 4 is 5.78 Å². The number of phenolic OH excluding ortho intramolecular Hbond substituents is 1. The van der Waals surface area contributed by atoms with Crippen LogP contribution in [-0.2, 0) is 6.18 Å². The Kier molecular flexibility index (Phi) is 3.65. The number of halogens is 3. The molecule has 0 saturated heterocycles. The molecule has 6 heteroatoms. The van der Waals surface area contributed by atoms with E-state index in [1.165, 1.54) is 6.92 Å². The molecule has 0 aliphatic carbocycles. The van der Waals surface area contributed by atoms with Gasteiger partial charge in [0.15, 0.2) is 17.3 Å². The highest BCUT2D eigenvalue weighted by atomic mass is 19.4. The molecule has 1 N–H and O–H groups in total. The first-order valence-electron chi connectivity index (χ1n) is 4.86. The Morgan fingerprint density at radius 2 is 2.00 bits per heavy atom. The third-order valence-electron chi connectivity index (χ3n) is 2.09. The first-order chi connectivity index (χ1) is 7.79. The van der Waals surface area contributed by atoms with E-state index in [-0.39, 0.29) is 6.61 Å². The van der Waals surface area contributed by atoms with Gasteiger partial charge >= 0.3 is 6.18 Å². The van der Waals surface area contributed by atoms with Gasteiger partial charge in [-0.2, -0.15) is 13.2 Å². The molecule has 0 fully saturated rings. The van der Waals surface area contributed by atoms with E-state index >= 15 is 0 Å². The Morgan fingerprint density at radius 1 is 1.41 bits per heavy atom. The van der Waals surface area contributed by atoms with E-state index in [1.54, 1.807) is 0 Å². The van der Waals surface area contributed by atoms with Crippen molar-refractivity contribution in [2.75, 3.05) is 6.61 Å². The smallest absolute Gasteiger partial charge is 0.420 e. The molecular weight excluding hydrogens is 237 g/mol. The van der Waals surface area contributed by atoms with Gasteiger partial charge < -0.3 is 9.84 Å². The van der Waals surface area contributed by atoms with Gasteiger partial charge in [0.2, 0.25) is 0 Å². The lowest BCUT2D eigenvalue weighted by Crippen LogP contribution is -2.14. The fourth-order valence-corrected chi connectivity index (χ4v) is 1.44. The Bertz CT molecular complexity index is 438. The molecular formula is C11H11F3O3. The maximum atomic E-state index is 12.8. The number of alkyl halides is 3. The minimum Gasteiger partial charge on any atom is -0.504 e. The molecule has 0 radical (unpaired) electrons. The van der Waals surface area contributed by atoms with Crippen molar-refractivity contribution < 1.29 is 27.8 Å². The normalized spacial score (nSPS) is 11.4. The quantitative estimate of drug-likeness (QED) is 0.836. The average Bonchev–Trinajstić information content (AvgIpc) is 2.18. The highest BCUT2D eigenvalue weighted by Crippen LogP contribution is 2.43. The van der Waals surface area contributed by atoms with E-state index in [1.807, 2.05) is 0 Å². The summed E-state index contributed by atoms with van der Waals surface area (Å²) in [5, 5.41) is 9.36. The average molecular weight is 248 g/mol. The minimum atomic E-state index is -4.76. The first-order valence-corrected chi connectivity index (χ1v) is 4.86. The van der Waals surface area contributed by atoms with Gasteiger partial charge in [0.25, 0.3) is 0 Å². The van der Waals surface area contributed by atoms with Crippen LogP contribution >= 0.6 is 0 Å². The summed E-state index contributed by atoms with van der Waals surface area (Å²) in [5.41, 5.74) is -1.74. The van der Waals surface area contributed by atoms with Gasteiger partial charge in [-0.25, -0.2) is 0 Å². The zero-order valence-corrected chi connectivity index (χ0v) is 9.26. The molecule has 0 spiro atoms. The van der Waals surface area contributed by atoms with Crippen molar-refractivity contribution in [1.29, 1.82) is 0 Å². The van der Waals surface area contributed by atoms with Crippen LogP contribution < -0.4 is 4.74 Å². The van der Waals surface area contributed by atoms with Gasteiger partial charge in [0.05, 0.1) is 6.61 Å². The van der Waals surface area contributed by atoms with Crippen LogP contribution in [-0.4, -0.2) is 17.5 Å². The van der Waals surface area contributed by atoms with Crippen molar-refractivity contribution in [3.05, 3.63) is 23.3 Å². The molecule has 0 saturated carbocycles. The first kappa shape index (κ1) is 13.3. The number of ether oxygens (including phenoxy) is 1. The number of aromatic hydroxyl groups is 1. The topological polar surface area (TPSA) is 46.5 Å². The van der Waals surface area contributed by atoms with Gasteiger partial charge in [0.1, 0.15) is 5.56 Å².